The van der Waals surface area contributed by atoms with Crippen LogP contribution in [0.15, 0.2) is 64.0 Å². The number of anilines is 2. The van der Waals surface area contributed by atoms with Crippen LogP contribution >= 0.6 is 0 Å². The Morgan fingerprint density at radius 3 is 2.81 bits per heavy atom. The van der Waals surface area contributed by atoms with Crippen molar-refractivity contribution in [2.45, 2.75) is 33.1 Å². The highest BCUT2D eigenvalue weighted by molar-refractivity contribution is 6.03. The minimum Gasteiger partial charge on any atom is -0.463 e. The maximum Gasteiger partial charge on any atom is 0.252 e. The van der Waals surface area contributed by atoms with Crippen LogP contribution in [0.5, 0.6) is 0 Å². The van der Waals surface area contributed by atoms with Crippen molar-refractivity contribution in [3.05, 3.63) is 76.4 Å². The molecule has 1 atom stereocenters. The van der Waals surface area contributed by atoms with E-state index in [4.69, 9.17) is 4.42 Å². The van der Waals surface area contributed by atoms with E-state index in [1.54, 1.807) is 23.1 Å². The minimum absolute atomic E-state index is 0.0972. The summed E-state index contributed by atoms with van der Waals surface area (Å²) in [6.45, 7) is 4.23. The molecule has 36 heavy (non-hydrogen) atoms. The van der Waals surface area contributed by atoms with E-state index in [-0.39, 0.29) is 36.3 Å². The number of H-pyrrole nitrogens is 1. The smallest absolute Gasteiger partial charge is 0.252 e. The van der Waals surface area contributed by atoms with Crippen molar-refractivity contribution >= 4 is 23.3 Å². The van der Waals surface area contributed by atoms with Crippen LogP contribution in [0, 0.1) is 12.8 Å². The summed E-state index contributed by atoms with van der Waals surface area (Å²) < 4.78 is 6.85. The number of aryl methyl sites for hydroxylation is 2. The maximum atomic E-state index is 13.3. The number of benzene rings is 1. The molecule has 184 valence electrons. The van der Waals surface area contributed by atoms with Crippen LogP contribution in [-0.4, -0.2) is 38.1 Å². The molecule has 10 nitrogen and oxygen atoms in total. The molecule has 0 aliphatic carbocycles. The van der Waals surface area contributed by atoms with Gasteiger partial charge in [0.15, 0.2) is 5.76 Å². The van der Waals surface area contributed by atoms with E-state index < -0.39 is 5.92 Å². The van der Waals surface area contributed by atoms with Gasteiger partial charge in [-0.1, -0.05) is 25.5 Å². The summed E-state index contributed by atoms with van der Waals surface area (Å²) in [6.07, 6.45) is 3.08. The highest BCUT2D eigenvalue weighted by Gasteiger charge is 2.35. The van der Waals surface area contributed by atoms with Gasteiger partial charge < -0.3 is 14.6 Å². The quantitative estimate of drug-likeness (QED) is 0.412. The summed E-state index contributed by atoms with van der Waals surface area (Å²) in [6, 6.07) is 14.2. The van der Waals surface area contributed by atoms with Gasteiger partial charge in [-0.15, -0.1) is 0 Å². The number of nitrogens with zero attached hydrogens (tertiary/aromatic N) is 4. The van der Waals surface area contributed by atoms with Gasteiger partial charge in [0, 0.05) is 36.5 Å². The molecule has 1 aromatic carbocycles. The number of nitrogens with one attached hydrogen (secondary N) is 2. The molecule has 5 rings (SSSR count). The molecule has 1 saturated heterocycles. The van der Waals surface area contributed by atoms with Gasteiger partial charge in [0.05, 0.1) is 12.2 Å². The summed E-state index contributed by atoms with van der Waals surface area (Å²) in [4.78, 5) is 47.1. The summed E-state index contributed by atoms with van der Waals surface area (Å²) in [5.74, 6) is 0.0129. The predicted octanol–water partition coefficient (Wildman–Crippen LogP) is 3.47. The molecule has 4 heterocycles. The number of carbonyl (C=O) groups is 2. The number of rotatable bonds is 7. The molecule has 2 N–H and O–H groups in total. The average Bonchev–Trinajstić information content (AvgIpc) is 3.59. The van der Waals surface area contributed by atoms with Crippen molar-refractivity contribution in [2.75, 3.05) is 16.8 Å². The summed E-state index contributed by atoms with van der Waals surface area (Å²) >= 11 is 0. The Bertz CT molecular complexity index is 1470. The fourth-order valence-electron chi connectivity index (χ4n) is 4.31. The van der Waals surface area contributed by atoms with Gasteiger partial charge >= 0.3 is 0 Å². The number of amides is 2. The first kappa shape index (κ1) is 23.3. The third-order valence-corrected chi connectivity index (χ3v) is 6.03. The minimum atomic E-state index is -0.549. The van der Waals surface area contributed by atoms with Gasteiger partial charge in [0.25, 0.3) is 5.56 Å². The zero-order valence-electron chi connectivity index (χ0n) is 20.0. The molecule has 10 heteroatoms. The van der Waals surface area contributed by atoms with Crippen LogP contribution in [0.3, 0.4) is 0 Å². The normalized spacial score (nSPS) is 15.4. The topological polar surface area (TPSA) is 126 Å². The predicted molar refractivity (Wildman–Crippen MR) is 134 cm³/mol. The van der Waals surface area contributed by atoms with Crippen molar-refractivity contribution in [1.82, 2.24) is 19.7 Å². The van der Waals surface area contributed by atoms with Crippen molar-refractivity contribution in [3.8, 4) is 17.4 Å². The van der Waals surface area contributed by atoms with E-state index >= 15 is 0 Å². The van der Waals surface area contributed by atoms with Crippen molar-refractivity contribution in [3.63, 3.8) is 0 Å². The lowest BCUT2D eigenvalue weighted by Crippen LogP contribution is -2.29. The van der Waals surface area contributed by atoms with E-state index in [9.17, 15) is 14.4 Å². The molecule has 0 spiro atoms. The molecule has 2 amide bonds. The summed E-state index contributed by atoms with van der Waals surface area (Å²) in [5, 5.41) is 7.42. The Morgan fingerprint density at radius 2 is 2.06 bits per heavy atom. The van der Waals surface area contributed by atoms with Gasteiger partial charge in [-0.2, -0.15) is 9.78 Å². The maximum absolute atomic E-state index is 13.3. The van der Waals surface area contributed by atoms with Gasteiger partial charge in [0.1, 0.15) is 11.5 Å². The number of hydrogen-bond acceptors (Lipinski definition) is 6. The molecular weight excluding hydrogens is 460 g/mol. The van der Waals surface area contributed by atoms with Crippen molar-refractivity contribution < 1.29 is 14.0 Å². The first-order valence-corrected chi connectivity index (χ1v) is 11.8. The van der Waals surface area contributed by atoms with Crippen molar-refractivity contribution in [1.29, 1.82) is 0 Å². The van der Waals surface area contributed by atoms with E-state index in [2.05, 4.69) is 20.4 Å². The Hall–Kier alpha value is -4.47. The number of aromatic amines is 1. The average molecular weight is 487 g/mol. The zero-order valence-corrected chi connectivity index (χ0v) is 20.0. The van der Waals surface area contributed by atoms with E-state index in [1.165, 1.54) is 17.0 Å². The third kappa shape index (κ3) is 4.70. The molecular formula is C26H26N6O4. The lowest BCUT2D eigenvalue weighted by Gasteiger charge is -2.17. The van der Waals surface area contributed by atoms with Crippen LogP contribution < -0.4 is 15.8 Å². The fraction of sp³-hybridized carbons (Fsp3) is 0.269. The number of hydrogen-bond donors (Lipinski definition) is 2. The Labute approximate surface area is 207 Å². The SMILES string of the molecule is CCCc1cc(=O)[nH]c(-n2nc(-c3ccco3)cc2NC(=O)C2CC(=O)N(c3cccc(C)c3)C2)n1. The highest BCUT2D eigenvalue weighted by atomic mass is 16.3. The van der Waals surface area contributed by atoms with E-state index in [1.807, 2.05) is 38.1 Å². The fourth-order valence-corrected chi connectivity index (χ4v) is 4.31. The Morgan fingerprint density at radius 1 is 1.19 bits per heavy atom. The molecule has 1 fully saturated rings. The second-order valence-electron chi connectivity index (χ2n) is 8.85. The lowest BCUT2D eigenvalue weighted by molar-refractivity contribution is -0.122. The molecule has 1 aliphatic rings. The third-order valence-electron chi connectivity index (χ3n) is 6.03. The van der Waals surface area contributed by atoms with E-state index in [0.717, 1.165) is 17.7 Å². The molecule has 1 unspecified atom stereocenters. The first-order valence-electron chi connectivity index (χ1n) is 11.8. The molecule has 3 aromatic heterocycles. The van der Waals surface area contributed by atoms with Crippen LogP contribution in [0.4, 0.5) is 11.5 Å². The molecule has 4 aromatic rings. The molecule has 0 saturated carbocycles. The molecule has 0 radical (unpaired) electrons. The Kier molecular flexibility index (Phi) is 6.24. The van der Waals surface area contributed by atoms with Crippen LogP contribution in [0.1, 0.15) is 31.0 Å². The monoisotopic (exact) mass is 486 g/mol. The second kappa shape index (κ2) is 9.65. The highest BCUT2D eigenvalue weighted by Crippen LogP contribution is 2.28. The van der Waals surface area contributed by atoms with E-state index in [0.29, 0.717) is 29.4 Å². The Balaban J connectivity index is 1.44. The lowest BCUT2D eigenvalue weighted by atomic mass is 10.1. The number of aromatic nitrogens is 4. The standard InChI is InChI=1S/C26H26N6O4/c1-3-6-18-13-23(33)29-26(27-18)32-22(14-20(30-32)21-9-5-10-36-21)28-25(35)17-12-24(34)31(15-17)19-8-4-7-16(2)11-19/h4-5,7-11,13-14,17H,3,6,12,15H2,1-2H3,(H,28,35)(H,27,29,33). The van der Waals surface area contributed by atoms with Crippen LogP contribution in [0.25, 0.3) is 17.4 Å². The first-order chi connectivity index (χ1) is 17.4. The van der Waals surface area contributed by atoms with Crippen LogP contribution in [-0.2, 0) is 16.0 Å². The molecule has 1 aliphatic heterocycles. The van der Waals surface area contributed by atoms with Crippen molar-refractivity contribution in [2.24, 2.45) is 5.92 Å². The van der Waals surface area contributed by atoms with Gasteiger partial charge in [-0.3, -0.25) is 19.4 Å². The molecule has 0 bridgehead atoms. The number of carbonyl (C=O) groups excluding carboxylic acids is 2. The van der Waals surface area contributed by atoms with Gasteiger partial charge in [0.2, 0.25) is 17.8 Å². The van der Waals surface area contributed by atoms with Crippen LogP contribution in [0.2, 0.25) is 0 Å². The second-order valence-corrected chi connectivity index (χ2v) is 8.85. The van der Waals surface area contributed by atoms with Gasteiger partial charge in [-0.05, 0) is 43.2 Å². The summed E-state index contributed by atoms with van der Waals surface area (Å²) in [5.41, 5.74) is 2.58. The summed E-state index contributed by atoms with van der Waals surface area (Å²) in [7, 11) is 0. The zero-order chi connectivity index (χ0) is 25.2. The van der Waals surface area contributed by atoms with Gasteiger partial charge in [-0.25, -0.2) is 4.98 Å². The largest absolute Gasteiger partial charge is 0.463 e. The number of furan rings is 1.